The van der Waals surface area contributed by atoms with Crippen LogP contribution in [0.5, 0.6) is 5.75 Å². The van der Waals surface area contributed by atoms with Gasteiger partial charge in [0.15, 0.2) is 0 Å². The predicted octanol–water partition coefficient (Wildman–Crippen LogP) is 1.31. The minimum atomic E-state index is -3.89. The molecule has 0 amide bonds. The van der Waals surface area contributed by atoms with Crippen molar-refractivity contribution in [1.29, 1.82) is 0 Å². The van der Waals surface area contributed by atoms with Crippen molar-refractivity contribution in [2.24, 2.45) is 0 Å². The van der Waals surface area contributed by atoms with E-state index in [-0.39, 0.29) is 10.6 Å². The number of H-pyrrole nitrogens is 1. The topological polar surface area (TPSA) is 97.0 Å². The molecule has 3 rings (SSSR count). The molecule has 0 bridgehead atoms. The third-order valence-electron chi connectivity index (χ3n) is 3.82. The highest BCUT2D eigenvalue weighted by molar-refractivity contribution is 7.89. The van der Waals surface area contributed by atoms with Crippen molar-refractivity contribution in [3.8, 4) is 5.75 Å². The van der Waals surface area contributed by atoms with Crippen LogP contribution in [0.15, 0.2) is 29.4 Å². The number of aromatic amines is 1. The van der Waals surface area contributed by atoms with Crippen molar-refractivity contribution in [3.05, 3.63) is 36.2 Å². The number of aromatic nitrogens is 3. The first-order valence-electron chi connectivity index (χ1n) is 6.70. The van der Waals surface area contributed by atoms with Crippen molar-refractivity contribution < 1.29 is 17.5 Å². The van der Waals surface area contributed by atoms with E-state index < -0.39 is 21.4 Å². The second-order valence-electron chi connectivity index (χ2n) is 5.17. The molecule has 1 aromatic carbocycles. The fourth-order valence-corrected chi connectivity index (χ4v) is 4.11. The van der Waals surface area contributed by atoms with Gasteiger partial charge in [-0.1, -0.05) is 0 Å². The van der Waals surface area contributed by atoms with Crippen LogP contribution in [-0.4, -0.2) is 30.7 Å². The molecule has 0 saturated heterocycles. The van der Waals surface area contributed by atoms with Crippen LogP contribution in [0.4, 0.5) is 4.39 Å². The average molecular weight is 326 g/mol. The Morgan fingerprint density at radius 1 is 1.41 bits per heavy atom. The zero-order valence-electron chi connectivity index (χ0n) is 11.8. The summed E-state index contributed by atoms with van der Waals surface area (Å²) < 4.78 is 46.2. The molecule has 2 aromatic rings. The van der Waals surface area contributed by atoms with E-state index in [2.05, 4.69) is 19.9 Å². The van der Waals surface area contributed by atoms with Crippen LogP contribution in [0.2, 0.25) is 0 Å². The highest BCUT2D eigenvalue weighted by atomic mass is 32.2. The largest absolute Gasteiger partial charge is 0.495 e. The second kappa shape index (κ2) is 5.33. The summed E-state index contributed by atoms with van der Waals surface area (Å²) in [4.78, 5) is 3.95. The molecular weight excluding hydrogens is 311 g/mol. The van der Waals surface area contributed by atoms with Gasteiger partial charge in [0.1, 0.15) is 28.6 Å². The summed E-state index contributed by atoms with van der Waals surface area (Å²) in [5.41, 5.74) is -0.797. The first-order valence-corrected chi connectivity index (χ1v) is 8.18. The molecule has 1 heterocycles. The maximum absolute atomic E-state index is 13.2. The number of sulfonamides is 1. The summed E-state index contributed by atoms with van der Waals surface area (Å²) in [6.45, 7) is 0. The summed E-state index contributed by atoms with van der Waals surface area (Å²) in [6.07, 6.45) is 3.45. The van der Waals surface area contributed by atoms with E-state index in [0.29, 0.717) is 18.7 Å². The van der Waals surface area contributed by atoms with E-state index in [0.717, 1.165) is 18.6 Å². The standard InChI is InChI=1S/C13H15FN4O3S/c1-21-10-7-9(14)3-4-11(10)22(19,20)18-13(5-2-6-13)12-15-8-16-17-12/h3-4,7-8,18H,2,5-6H2,1H3,(H,15,16,17). The zero-order valence-corrected chi connectivity index (χ0v) is 12.7. The summed E-state index contributed by atoms with van der Waals surface area (Å²) in [7, 11) is -2.60. The lowest BCUT2D eigenvalue weighted by atomic mass is 9.77. The molecule has 0 unspecified atom stereocenters. The van der Waals surface area contributed by atoms with Gasteiger partial charge < -0.3 is 4.74 Å². The molecule has 1 fully saturated rings. The number of nitrogens with one attached hydrogen (secondary N) is 2. The van der Waals surface area contributed by atoms with Crippen LogP contribution in [0.25, 0.3) is 0 Å². The van der Waals surface area contributed by atoms with Crippen molar-refractivity contribution in [2.45, 2.75) is 29.7 Å². The maximum Gasteiger partial charge on any atom is 0.245 e. The van der Waals surface area contributed by atoms with Crippen molar-refractivity contribution >= 4 is 10.0 Å². The molecule has 118 valence electrons. The van der Waals surface area contributed by atoms with E-state index in [1.807, 2.05) is 0 Å². The van der Waals surface area contributed by atoms with Gasteiger partial charge in [0, 0.05) is 6.07 Å². The molecule has 1 aliphatic rings. The van der Waals surface area contributed by atoms with Crippen LogP contribution < -0.4 is 9.46 Å². The average Bonchev–Trinajstić information content (AvgIpc) is 2.96. The third-order valence-corrected chi connectivity index (χ3v) is 5.40. The van der Waals surface area contributed by atoms with Crippen LogP contribution >= 0.6 is 0 Å². The minimum Gasteiger partial charge on any atom is -0.495 e. The first kappa shape index (κ1) is 14.9. The van der Waals surface area contributed by atoms with Gasteiger partial charge in [-0.2, -0.15) is 9.82 Å². The number of nitrogens with zero attached hydrogens (tertiary/aromatic N) is 2. The Balaban J connectivity index is 1.97. The smallest absolute Gasteiger partial charge is 0.245 e. The molecule has 22 heavy (non-hydrogen) atoms. The van der Waals surface area contributed by atoms with Gasteiger partial charge in [0.2, 0.25) is 10.0 Å². The number of halogens is 1. The molecule has 0 spiro atoms. The summed E-state index contributed by atoms with van der Waals surface area (Å²) in [5.74, 6) is -0.132. The SMILES string of the molecule is COc1cc(F)ccc1S(=O)(=O)NC1(c2ncn[nH]2)CCC1. The Kier molecular flexibility index (Phi) is 3.61. The Hall–Kier alpha value is -2.00. The Bertz CT molecular complexity index is 773. The first-order chi connectivity index (χ1) is 10.5. The van der Waals surface area contributed by atoms with Gasteiger partial charge in [-0.25, -0.2) is 17.8 Å². The van der Waals surface area contributed by atoms with Crippen molar-refractivity contribution in [2.75, 3.05) is 7.11 Å². The number of benzene rings is 1. The van der Waals surface area contributed by atoms with E-state index in [1.165, 1.54) is 19.5 Å². The predicted molar refractivity (Wildman–Crippen MR) is 75.2 cm³/mol. The Morgan fingerprint density at radius 3 is 2.73 bits per heavy atom. The fraction of sp³-hybridized carbons (Fsp3) is 0.385. The molecule has 7 nitrogen and oxygen atoms in total. The van der Waals surface area contributed by atoms with Crippen LogP contribution in [0.1, 0.15) is 25.1 Å². The molecule has 1 aromatic heterocycles. The Morgan fingerprint density at radius 2 is 2.18 bits per heavy atom. The monoisotopic (exact) mass is 326 g/mol. The zero-order chi connectivity index (χ0) is 15.8. The second-order valence-corrected chi connectivity index (χ2v) is 6.82. The molecule has 2 N–H and O–H groups in total. The quantitative estimate of drug-likeness (QED) is 0.863. The minimum absolute atomic E-state index is 0.0421. The van der Waals surface area contributed by atoms with Crippen LogP contribution in [0, 0.1) is 5.82 Å². The van der Waals surface area contributed by atoms with Gasteiger partial charge in [0.05, 0.1) is 12.6 Å². The van der Waals surface area contributed by atoms with Crippen LogP contribution in [-0.2, 0) is 15.6 Å². The third kappa shape index (κ3) is 2.46. The fourth-order valence-electron chi connectivity index (χ4n) is 2.53. The van der Waals surface area contributed by atoms with Gasteiger partial charge >= 0.3 is 0 Å². The normalized spacial score (nSPS) is 17.0. The maximum atomic E-state index is 13.2. The van der Waals surface area contributed by atoms with Crippen molar-refractivity contribution in [3.63, 3.8) is 0 Å². The molecule has 0 atom stereocenters. The molecule has 0 aliphatic heterocycles. The van der Waals surface area contributed by atoms with Gasteiger partial charge in [-0.3, -0.25) is 5.10 Å². The molecule has 1 aliphatic carbocycles. The lowest BCUT2D eigenvalue weighted by Gasteiger charge is -2.40. The van der Waals surface area contributed by atoms with Crippen LogP contribution in [0.3, 0.4) is 0 Å². The molecule has 9 heteroatoms. The lowest BCUT2D eigenvalue weighted by molar-refractivity contribution is 0.210. The summed E-state index contributed by atoms with van der Waals surface area (Å²) >= 11 is 0. The number of methoxy groups -OCH3 is 1. The van der Waals surface area contributed by atoms with Crippen molar-refractivity contribution in [1.82, 2.24) is 19.9 Å². The van der Waals surface area contributed by atoms with E-state index in [4.69, 9.17) is 4.74 Å². The van der Waals surface area contributed by atoms with E-state index in [1.54, 1.807) is 0 Å². The highest BCUT2D eigenvalue weighted by Gasteiger charge is 2.45. The van der Waals surface area contributed by atoms with E-state index in [9.17, 15) is 12.8 Å². The van der Waals surface area contributed by atoms with Gasteiger partial charge in [-0.05, 0) is 31.4 Å². The number of ether oxygens (including phenoxy) is 1. The number of hydrogen-bond donors (Lipinski definition) is 2. The lowest BCUT2D eigenvalue weighted by Crippen LogP contribution is -2.51. The molecule has 0 radical (unpaired) electrons. The van der Waals surface area contributed by atoms with Gasteiger partial charge in [-0.15, -0.1) is 0 Å². The van der Waals surface area contributed by atoms with E-state index >= 15 is 0 Å². The molecule has 1 saturated carbocycles. The highest BCUT2D eigenvalue weighted by Crippen LogP contribution is 2.41. The summed E-state index contributed by atoms with van der Waals surface area (Å²) in [6, 6.07) is 3.30. The number of rotatable bonds is 5. The molecular formula is C13H15FN4O3S. The summed E-state index contributed by atoms with van der Waals surface area (Å²) in [5, 5.41) is 6.49. The van der Waals surface area contributed by atoms with Gasteiger partial charge in [0.25, 0.3) is 0 Å². The number of hydrogen-bond acceptors (Lipinski definition) is 5. The Labute approximate surface area is 127 Å².